The van der Waals surface area contributed by atoms with Crippen LogP contribution in [0.25, 0.3) is 0 Å². The van der Waals surface area contributed by atoms with Crippen LogP contribution in [0.4, 0.5) is 5.69 Å². The maximum absolute atomic E-state index is 13.9. The van der Waals surface area contributed by atoms with Gasteiger partial charge in [-0.3, -0.25) is 13.9 Å². The van der Waals surface area contributed by atoms with Crippen molar-refractivity contribution in [2.24, 2.45) is 0 Å². The molecule has 0 aromatic heterocycles. The van der Waals surface area contributed by atoms with Gasteiger partial charge < -0.3 is 10.2 Å². The number of anilines is 1. The molecule has 0 fully saturated rings. The molecule has 2 amide bonds. The number of carbonyl (C=O) groups excluding carboxylic acids is 2. The minimum absolute atomic E-state index is 0.0856. The Hall–Kier alpha value is -3.17. The summed E-state index contributed by atoms with van der Waals surface area (Å²) in [6, 6.07) is 20.0. The highest BCUT2D eigenvalue weighted by atomic mass is 79.9. The molecule has 1 atom stereocenters. The van der Waals surface area contributed by atoms with Crippen LogP contribution in [0, 0.1) is 13.8 Å². The van der Waals surface area contributed by atoms with Crippen molar-refractivity contribution in [3.8, 4) is 0 Å². The van der Waals surface area contributed by atoms with Gasteiger partial charge in [0.05, 0.1) is 10.6 Å². The zero-order valence-electron chi connectivity index (χ0n) is 22.3. The van der Waals surface area contributed by atoms with Gasteiger partial charge in [0.25, 0.3) is 10.0 Å². The Bertz CT molecular complexity index is 1370. The van der Waals surface area contributed by atoms with Crippen LogP contribution in [-0.4, -0.2) is 43.8 Å². The lowest BCUT2D eigenvalue weighted by Gasteiger charge is -2.32. The number of hydrogen-bond donors (Lipinski definition) is 1. The van der Waals surface area contributed by atoms with E-state index in [-0.39, 0.29) is 23.4 Å². The fourth-order valence-corrected chi connectivity index (χ4v) is 5.59. The molecular weight excluding hydrogens is 566 g/mol. The van der Waals surface area contributed by atoms with Crippen LogP contribution >= 0.6 is 15.9 Å². The normalized spacial score (nSPS) is 12.2. The van der Waals surface area contributed by atoms with Crippen molar-refractivity contribution in [2.45, 2.75) is 58.1 Å². The smallest absolute Gasteiger partial charge is 0.264 e. The summed E-state index contributed by atoms with van der Waals surface area (Å²) in [5.74, 6) is -0.800. The van der Waals surface area contributed by atoms with Gasteiger partial charge in [0.15, 0.2) is 0 Å². The van der Waals surface area contributed by atoms with E-state index in [4.69, 9.17) is 0 Å². The van der Waals surface area contributed by atoms with Gasteiger partial charge in [-0.1, -0.05) is 57.9 Å². The van der Waals surface area contributed by atoms with E-state index in [1.54, 1.807) is 37.3 Å². The molecule has 38 heavy (non-hydrogen) atoms. The molecule has 0 aliphatic heterocycles. The van der Waals surface area contributed by atoms with E-state index >= 15 is 0 Å². The molecule has 3 aromatic rings. The first-order valence-electron chi connectivity index (χ1n) is 12.4. The number of halogens is 1. The molecule has 7 nitrogen and oxygen atoms in total. The van der Waals surface area contributed by atoms with Crippen LogP contribution in [0.1, 0.15) is 37.5 Å². The summed E-state index contributed by atoms with van der Waals surface area (Å²) in [6.07, 6.45) is 0. The molecule has 1 N–H and O–H groups in total. The highest BCUT2D eigenvalue weighted by Crippen LogP contribution is 2.26. The summed E-state index contributed by atoms with van der Waals surface area (Å²) in [5, 5.41) is 2.85. The Labute approximate surface area is 234 Å². The fourth-order valence-electron chi connectivity index (χ4n) is 3.92. The molecular formula is C29H34BrN3O4S. The predicted molar refractivity (Wildman–Crippen MR) is 154 cm³/mol. The number of benzene rings is 3. The van der Waals surface area contributed by atoms with Gasteiger partial charge in [0, 0.05) is 17.1 Å². The quantitative estimate of drug-likeness (QED) is 0.347. The molecule has 0 aliphatic carbocycles. The van der Waals surface area contributed by atoms with E-state index in [1.807, 2.05) is 58.0 Å². The summed E-state index contributed by atoms with van der Waals surface area (Å²) in [4.78, 5) is 28.3. The summed E-state index contributed by atoms with van der Waals surface area (Å²) >= 11 is 3.41. The van der Waals surface area contributed by atoms with Crippen LogP contribution in [-0.2, 0) is 26.2 Å². The van der Waals surface area contributed by atoms with Crippen molar-refractivity contribution in [1.82, 2.24) is 10.2 Å². The Morgan fingerprint density at radius 2 is 1.53 bits per heavy atom. The van der Waals surface area contributed by atoms with E-state index in [0.29, 0.717) is 5.69 Å². The minimum Gasteiger partial charge on any atom is -0.352 e. The molecule has 9 heteroatoms. The van der Waals surface area contributed by atoms with E-state index < -0.39 is 28.5 Å². The van der Waals surface area contributed by atoms with E-state index in [1.165, 1.54) is 17.0 Å². The Morgan fingerprint density at radius 3 is 2.11 bits per heavy atom. The lowest BCUT2D eigenvalue weighted by molar-refractivity contribution is -0.139. The number of hydrogen-bond acceptors (Lipinski definition) is 4. The lowest BCUT2D eigenvalue weighted by Crippen LogP contribution is -2.52. The zero-order valence-corrected chi connectivity index (χ0v) is 24.7. The number of nitrogens with one attached hydrogen (secondary N) is 1. The number of aryl methyl sites for hydroxylation is 2. The van der Waals surface area contributed by atoms with Crippen molar-refractivity contribution in [3.05, 3.63) is 94.0 Å². The second-order valence-corrected chi connectivity index (χ2v) is 12.4. The van der Waals surface area contributed by atoms with Crippen LogP contribution in [0.15, 0.2) is 82.2 Å². The number of rotatable bonds is 10. The number of sulfonamides is 1. The Balaban J connectivity index is 2.03. The molecule has 0 unspecified atom stereocenters. The first-order chi connectivity index (χ1) is 17.9. The van der Waals surface area contributed by atoms with Gasteiger partial charge in [-0.05, 0) is 82.1 Å². The maximum Gasteiger partial charge on any atom is 0.264 e. The SMILES string of the molecule is Cc1ccc(S(=O)(=O)N(CC(=O)N(Cc2ccc(Br)cc2)[C@@H](C)C(=O)NC(C)C)c2cccc(C)c2)cc1. The van der Waals surface area contributed by atoms with E-state index in [0.717, 1.165) is 25.5 Å². The highest BCUT2D eigenvalue weighted by molar-refractivity contribution is 9.10. The summed E-state index contributed by atoms with van der Waals surface area (Å²) in [5.41, 5.74) is 2.97. The Morgan fingerprint density at radius 1 is 0.895 bits per heavy atom. The summed E-state index contributed by atoms with van der Waals surface area (Å²) in [6.45, 7) is 8.76. The lowest BCUT2D eigenvalue weighted by atomic mass is 10.1. The van der Waals surface area contributed by atoms with Gasteiger partial charge in [-0.2, -0.15) is 0 Å². The molecule has 3 aromatic carbocycles. The number of nitrogens with zero attached hydrogens (tertiary/aromatic N) is 2. The molecule has 0 heterocycles. The predicted octanol–water partition coefficient (Wildman–Crippen LogP) is 5.20. The van der Waals surface area contributed by atoms with E-state index in [2.05, 4.69) is 21.2 Å². The topological polar surface area (TPSA) is 86.8 Å². The van der Waals surface area contributed by atoms with Gasteiger partial charge in [-0.15, -0.1) is 0 Å². The monoisotopic (exact) mass is 599 g/mol. The minimum atomic E-state index is -4.08. The van der Waals surface area contributed by atoms with E-state index in [9.17, 15) is 18.0 Å². The van der Waals surface area contributed by atoms with Crippen LogP contribution in [0.5, 0.6) is 0 Å². The molecule has 0 bridgehead atoms. The van der Waals surface area contributed by atoms with Gasteiger partial charge in [-0.25, -0.2) is 8.42 Å². The van der Waals surface area contributed by atoms with Crippen molar-refractivity contribution in [2.75, 3.05) is 10.8 Å². The number of amides is 2. The largest absolute Gasteiger partial charge is 0.352 e. The summed E-state index contributed by atoms with van der Waals surface area (Å²) in [7, 11) is -4.08. The van der Waals surface area contributed by atoms with Crippen LogP contribution in [0.2, 0.25) is 0 Å². The third kappa shape index (κ3) is 7.45. The van der Waals surface area contributed by atoms with Crippen molar-refractivity contribution in [3.63, 3.8) is 0 Å². The molecule has 3 rings (SSSR count). The average molecular weight is 601 g/mol. The first kappa shape index (κ1) is 29.4. The van der Waals surface area contributed by atoms with Gasteiger partial charge >= 0.3 is 0 Å². The first-order valence-corrected chi connectivity index (χ1v) is 14.6. The maximum atomic E-state index is 13.9. The van der Waals surface area contributed by atoms with Crippen LogP contribution < -0.4 is 9.62 Å². The molecule has 0 saturated carbocycles. The van der Waals surface area contributed by atoms with Crippen molar-refractivity contribution in [1.29, 1.82) is 0 Å². The highest BCUT2D eigenvalue weighted by Gasteiger charge is 2.32. The molecule has 0 aliphatic rings. The molecule has 202 valence electrons. The standard InChI is InChI=1S/C29H34BrN3O4S/c1-20(2)31-29(35)23(5)32(18-24-11-13-25(30)14-12-24)28(34)19-33(26-8-6-7-22(4)17-26)38(36,37)27-15-9-21(3)10-16-27/h6-17,20,23H,18-19H2,1-5H3,(H,31,35)/t23-/m0/s1. The molecule has 0 saturated heterocycles. The fraction of sp³-hybridized carbons (Fsp3) is 0.310. The Kier molecular flexibility index (Phi) is 9.73. The van der Waals surface area contributed by atoms with Crippen molar-refractivity contribution >= 4 is 43.5 Å². The summed E-state index contributed by atoms with van der Waals surface area (Å²) < 4.78 is 29.7. The molecule has 0 radical (unpaired) electrons. The average Bonchev–Trinajstić information content (AvgIpc) is 2.86. The van der Waals surface area contributed by atoms with Gasteiger partial charge in [0.2, 0.25) is 11.8 Å². The second-order valence-electron chi connectivity index (χ2n) is 9.65. The molecule has 0 spiro atoms. The third-order valence-corrected chi connectivity index (χ3v) is 8.36. The third-order valence-electron chi connectivity index (χ3n) is 6.04. The van der Waals surface area contributed by atoms with Gasteiger partial charge in [0.1, 0.15) is 12.6 Å². The van der Waals surface area contributed by atoms with Crippen LogP contribution in [0.3, 0.4) is 0 Å². The van der Waals surface area contributed by atoms with Crippen molar-refractivity contribution < 1.29 is 18.0 Å². The second kappa shape index (κ2) is 12.6. The number of carbonyl (C=O) groups is 2. The zero-order chi connectivity index (χ0) is 28.0.